The van der Waals surface area contributed by atoms with Gasteiger partial charge < -0.3 is 5.32 Å². The highest BCUT2D eigenvalue weighted by Crippen LogP contribution is 2.28. The lowest BCUT2D eigenvalue weighted by Crippen LogP contribution is -2.30. The van der Waals surface area contributed by atoms with Gasteiger partial charge in [0.1, 0.15) is 0 Å². The molecule has 0 spiro atoms. The van der Waals surface area contributed by atoms with Crippen molar-refractivity contribution in [1.29, 1.82) is 5.26 Å². The van der Waals surface area contributed by atoms with E-state index in [-0.39, 0.29) is 24.1 Å². The molecule has 0 atom stereocenters. The summed E-state index contributed by atoms with van der Waals surface area (Å²) < 4.78 is 1.60. The third-order valence-electron chi connectivity index (χ3n) is 5.25. The second-order valence-electron chi connectivity index (χ2n) is 7.06. The van der Waals surface area contributed by atoms with Crippen molar-refractivity contribution < 1.29 is 4.79 Å². The SMILES string of the molecule is N#Cc1cccc(C(=O)NCc2nn(C3CCCC3)c(=O)c3ccccc23)c1. The van der Waals surface area contributed by atoms with Crippen LogP contribution in [0.1, 0.15) is 53.3 Å². The Bertz CT molecular complexity index is 1140. The van der Waals surface area contributed by atoms with E-state index < -0.39 is 0 Å². The molecule has 0 bridgehead atoms. The maximum atomic E-state index is 12.9. The van der Waals surface area contributed by atoms with Gasteiger partial charge in [0.25, 0.3) is 11.5 Å². The van der Waals surface area contributed by atoms with Gasteiger partial charge in [-0.1, -0.05) is 37.1 Å². The van der Waals surface area contributed by atoms with Crippen LogP contribution in [0.5, 0.6) is 0 Å². The molecule has 3 aromatic rings. The zero-order chi connectivity index (χ0) is 19.5. The Morgan fingerprint density at radius 3 is 2.64 bits per heavy atom. The summed E-state index contributed by atoms with van der Waals surface area (Å²) in [5.41, 5.74) is 1.46. The lowest BCUT2D eigenvalue weighted by molar-refractivity contribution is 0.0950. The fourth-order valence-corrected chi connectivity index (χ4v) is 3.80. The van der Waals surface area contributed by atoms with Gasteiger partial charge in [-0.05, 0) is 37.1 Å². The number of nitrogens with zero attached hydrogens (tertiary/aromatic N) is 3. The number of aromatic nitrogens is 2. The van der Waals surface area contributed by atoms with E-state index in [1.165, 1.54) is 0 Å². The van der Waals surface area contributed by atoms with Crippen molar-refractivity contribution in [3.8, 4) is 6.07 Å². The number of carbonyl (C=O) groups is 1. The van der Waals surface area contributed by atoms with Gasteiger partial charge >= 0.3 is 0 Å². The molecule has 28 heavy (non-hydrogen) atoms. The summed E-state index contributed by atoms with van der Waals surface area (Å²) in [6.07, 6.45) is 4.12. The number of fused-ring (bicyclic) bond motifs is 1. The first kappa shape index (κ1) is 17.9. The van der Waals surface area contributed by atoms with Crippen molar-refractivity contribution in [2.24, 2.45) is 0 Å². The number of carbonyl (C=O) groups excluding carboxylic acids is 1. The molecule has 0 radical (unpaired) electrons. The van der Waals surface area contributed by atoms with Crippen LogP contribution < -0.4 is 10.9 Å². The molecule has 4 rings (SSSR count). The largest absolute Gasteiger partial charge is 0.346 e. The summed E-state index contributed by atoms with van der Waals surface area (Å²) >= 11 is 0. The molecule has 1 saturated carbocycles. The molecule has 1 N–H and O–H groups in total. The van der Waals surface area contributed by atoms with Crippen LogP contribution in [0, 0.1) is 11.3 Å². The number of hydrogen-bond acceptors (Lipinski definition) is 4. The van der Waals surface area contributed by atoms with Gasteiger partial charge in [-0.15, -0.1) is 0 Å². The van der Waals surface area contributed by atoms with Gasteiger partial charge in [0.05, 0.1) is 35.3 Å². The van der Waals surface area contributed by atoms with E-state index in [1.54, 1.807) is 28.9 Å². The summed E-state index contributed by atoms with van der Waals surface area (Å²) in [5, 5.41) is 17.9. The summed E-state index contributed by atoms with van der Waals surface area (Å²) in [7, 11) is 0. The van der Waals surface area contributed by atoms with E-state index in [4.69, 9.17) is 5.26 Å². The molecule has 1 amide bonds. The van der Waals surface area contributed by atoms with Crippen molar-refractivity contribution in [2.45, 2.75) is 38.3 Å². The molecule has 0 saturated heterocycles. The zero-order valence-corrected chi connectivity index (χ0v) is 15.4. The molecule has 140 valence electrons. The number of nitriles is 1. The first-order valence-electron chi connectivity index (χ1n) is 9.46. The first-order chi connectivity index (χ1) is 13.7. The summed E-state index contributed by atoms with van der Waals surface area (Å²) in [6, 6.07) is 16.1. The Morgan fingerprint density at radius 2 is 1.89 bits per heavy atom. The van der Waals surface area contributed by atoms with E-state index in [2.05, 4.69) is 10.4 Å². The molecular weight excluding hydrogens is 352 g/mol. The number of nitrogens with one attached hydrogen (secondary N) is 1. The molecule has 1 heterocycles. The second kappa shape index (κ2) is 7.65. The fourth-order valence-electron chi connectivity index (χ4n) is 3.80. The number of hydrogen-bond donors (Lipinski definition) is 1. The van der Waals surface area contributed by atoms with E-state index in [1.807, 2.05) is 30.3 Å². The van der Waals surface area contributed by atoms with Crippen LogP contribution in [0.2, 0.25) is 0 Å². The van der Waals surface area contributed by atoms with Crippen molar-refractivity contribution in [3.63, 3.8) is 0 Å². The standard InChI is InChI=1S/C22H20N4O2/c23-13-15-6-5-7-16(12-15)21(27)24-14-20-18-10-3-4-11-19(18)22(28)26(25-20)17-8-1-2-9-17/h3-7,10-12,17H,1-2,8-9,14H2,(H,24,27). The maximum absolute atomic E-state index is 12.9. The van der Waals surface area contributed by atoms with Crippen molar-refractivity contribution in [2.75, 3.05) is 0 Å². The van der Waals surface area contributed by atoms with E-state index in [0.717, 1.165) is 31.1 Å². The normalized spacial score (nSPS) is 14.1. The molecule has 1 fully saturated rings. The zero-order valence-electron chi connectivity index (χ0n) is 15.4. The number of rotatable bonds is 4. The van der Waals surface area contributed by atoms with Crippen LogP contribution in [0.4, 0.5) is 0 Å². The highest BCUT2D eigenvalue weighted by molar-refractivity contribution is 5.94. The minimum Gasteiger partial charge on any atom is -0.346 e. The number of benzene rings is 2. The van der Waals surface area contributed by atoms with Crippen LogP contribution in [0.15, 0.2) is 53.3 Å². The molecule has 0 aliphatic heterocycles. The van der Waals surface area contributed by atoms with E-state index in [9.17, 15) is 9.59 Å². The van der Waals surface area contributed by atoms with Crippen molar-refractivity contribution in [3.05, 3.63) is 75.7 Å². The van der Waals surface area contributed by atoms with Crippen LogP contribution in [0.3, 0.4) is 0 Å². The average molecular weight is 372 g/mol. The summed E-state index contributed by atoms with van der Waals surface area (Å²) in [4.78, 5) is 25.4. The Hall–Kier alpha value is -3.46. The van der Waals surface area contributed by atoms with Crippen LogP contribution in [0.25, 0.3) is 10.8 Å². The predicted octanol–water partition coefficient (Wildman–Crippen LogP) is 3.31. The predicted molar refractivity (Wildman–Crippen MR) is 106 cm³/mol. The first-order valence-corrected chi connectivity index (χ1v) is 9.46. The summed E-state index contributed by atoms with van der Waals surface area (Å²) in [6.45, 7) is 0.211. The lowest BCUT2D eigenvalue weighted by atomic mass is 10.1. The molecule has 2 aromatic carbocycles. The Kier molecular flexibility index (Phi) is 4.90. The molecule has 1 aromatic heterocycles. The van der Waals surface area contributed by atoms with Gasteiger partial charge in [0.15, 0.2) is 0 Å². The minimum atomic E-state index is -0.276. The Morgan fingerprint density at radius 1 is 1.14 bits per heavy atom. The van der Waals surface area contributed by atoms with Gasteiger partial charge in [-0.3, -0.25) is 9.59 Å². The maximum Gasteiger partial charge on any atom is 0.274 e. The minimum absolute atomic E-state index is 0.0701. The van der Waals surface area contributed by atoms with Gasteiger partial charge in [0.2, 0.25) is 0 Å². The molecular formula is C22H20N4O2. The van der Waals surface area contributed by atoms with Gasteiger partial charge in [0, 0.05) is 10.9 Å². The molecule has 0 unspecified atom stereocenters. The molecule has 1 aliphatic carbocycles. The fraction of sp³-hybridized carbons (Fsp3) is 0.273. The van der Waals surface area contributed by atoms with Gasteiger partial charge in [-0.25, -0.2) is 4.68 Å². The number of amides is 1. The van der Waals surface area contributed by atoms with E-state index in [0.29, 0.717) is 22.2 Å². The van der Waals surface area contributed by atoms with Crippen molar-refractivity contribution >= 4 is 16.7 Å². The lowest BCUT2D eigenvalue weighted by Gasteiger charge is -2.16. The molecule has 6 nitrogen and oxygen atoms in total. The smallest absolute Gasteiger partial charge is 0.274 e. The monoisotopic (exact) mass is 372 g/mol. The quantitative estimate of drug-likeness (QED) is 0.761. The van der Waals surface area contributed by atoms with Gasteiger partial charge in [-0.2, -0.15) is 10.4 Å². The molecule has 6 heteroatoms. The van der Waals surface area contributed by atoms with Crippen LogP contribution in [-0.4, -0.2) is 15.7 Å². The second-order valence-corrected chi connectivity index (χ2v) is 7.06. The van der Waals surface area contributed by atoms with Crippen molar-refractivity contribution in [1.82, 2.24) is 15.1 Å². The third-order valence-corrected chi connectivity index (χ3v) is 5.25. The highest BCUT2D eigenvalue weighted by atomic mass is 16.1. The van der Waals surface area contributed by atoms with E-state index >= 15 is 0 Å². The molecule has 1 aliphatic rings. The third kappa shape index (κ3) is 3.39. The Labute approximate surface area is 162 Å². The highest BCUT2D eigenvalue weighted by Gasteiger charge is 2.21. The average Bonchev–Trinajstić information content (AvgIpc) is 3.28. The van der Waals surface area contributed by atoms with Crippen LogP contribution >= 0.6 is 0 Å². The summed E-state index contributed by atoms with van der Waals surface area (Å²) in [5.74, 6) is -0.276. The van der Waals surface area contributed by atoms with Crippen LogP contribution in [-0.2, 0) is 6.54 Å². The topological polar surface area (TPSA) is 87.8 Å². The Balaban J connectivity index is 1.66.